The zero-order valence-corrected chi connectivity index (χ0v) is 10.1. The van der Waals surface area contributed by atoms with Crippen molar-refractivity contribution in [1.29, 1.82) is 0 Å². The maximum absolute atomic E-state index is 11.4. The second-order valence-corrected chi connectivity index (χ2v) is 3.91. The van der Waals surface area contributed by atoms with Crippen LogP contribution in [0.5, 0.6) is 0 Å². The fraction of sp³-hybridized carbons (Fsp3) is 0.111. The number of methoxy groups -OCH3 is 1. The highest BCUT2D eigenvalue weighted by molar-refractivity contribution is 14.1. The number of Topliss-reactive ketones (excluding diaryl/α,β-unsaturated/α-hetero) is 1. The second kappa shape index (κ2) is 4.75. The molecular weight excluding hydrogens is 318 g/mol. The Labute approximate surface area is 99.5 Å². The molecule has 1 aromatic rings. The number of ether oxygens (including phenoxy) is 1. The standard InChI is InChI=1S/C9H6ClIO3/c1-14-9(13)8(12)5-3-2-4-6(10)7(5)11/h2-4H,1H3. The maximum atomic E-state index is 11.4. The fourth-order valence-corrected chi connectivity index (χ4v) is 1.66. The molecule has 0 aromatic heterocycles. The predicted octanol–water partition coefficient (Wildman–Crippen LogP) is 2.30. The van der Waals surface area contributed by atoms with Crippen LogP contribution in [0.15, 0.2) is 18.2 Å². The molecule has 0 saturated carbocycles. The first kappa shape index (κ1) is 11.5. The molecule has 0 spiro atoms. The second-order valence-electron chi connectivity index (χ2n) is 2.42. The Hall–Kier alpha value is -0.620. The monoisotopic (exact) mass is 324 g/mol. The van der Waals surface area contributed by atoms with Crippen molar-refractivity contribution < 1.29 is 14.3 Å². The number of esters is 1. The highest BCUT2D eigenvalue weighted by Crippen LogP contribution is 2.22. The van der Waals surface area contributed by atoms with Gasteiger partial charge in [-0.15, -0.1) is 0 Å². The highest BCUT2D eigenvalue weighted by Gasteiger charge is 2.20. The van der Waals surface area contributed by atoms with Crippen LogP contribution in [0.3, 0.4) is 0 Å². The molecule has 0 bridgehead atoms. The van der Waals surface area contributed by atoms with E-state index >= 15 is 0 Å². The minimum atomic E-state index is -0.884. The van der Waals surface area contributed by atoms with Crippen molar-refractivity contribution in [2.75, 3.05) is 7.11 Å². The Morgan fingerprint density at radius 3 is 2.64 bits per heavy atom. The van der Waals surface area contributed by atoms with Crippen molar-refractivity contribution in [2.45, 2.75) is 0 Å². The van der Waals surface area contributed by atoms with Gasteiger partial charge in [-0.25, -0.2) is 4.79 Å². The molecule has 3 nitrogen and oxygen atoms in total. The van der Waals surface area contributed by atoms with Crippen molar-refractivity contribution in [3.05, 3.63) is 32.4 Å². The van der Waals surface area contributed by atoms with Gasteiger partial charge in [0.1, 0.15) is 0 Å². The van der Waals surface area contributed by atoms with Gasteiger partial charge in [-0.05, 0) is 34.7 Å². The number of carbonyl (C=O) groups is 2. The molecule has 0 heterocycles. The first-order valence-electron chi connectivity index (χ1n) is 3.64. The number of halogens is 2. The van der Waals surface area contributed by atoms with E-state index in [0.717, 1.165) is 7.11 Å². The van der Waals surface area contributed by atoms with E-state index in [0.29, 0.717) is 8.59 Å². The summed E-state index contributed by atoms with van der Waals surface area (Å²) in [7, 11) is 1.16. The molecule has 0 fully saturated rings. The molecule has 0 aliphatic carbocycles. The van der Waals surface area contributed by atoms with Crippen molar-refractivity contribution in [2.24, 2.45) is 0 Å². The van der Waals surface area contributed by atoms with Crippen LogP contribution < -0.4 is 0 Å². The summed E-state index contributed by atoms with van der Waals surface area (Å²) in [6, 6.07) is 4.80. The molecule has 0 unspecified atom stereocenters. The van der Waals surface area contributed by atoms with Gasteiger partial charge in [-0.1, -0.05) is 17.7 Å². The molecule has 0 radical (unpaired) electrons. The third-order valence-corrected chi connectivity index (χ3v) is 3.36. The first-order valence-corrected chi connectivity index (χ1v) is 5.10. The van der Waals surface area contributed by atoms with Gasteiger partial charge in [0.25, 0.3) is 5.78 Å². The van der Waals surface area contributed by atoms with Crippen LogP contribution in [0.1, 0.15) is 10.4 Å². The Morgan fingerprint density at radius 2 is 2.07 bits per heavy atom. The average Bonchev–Trinajstić information content (AvgIpc) is 2.20. The number of benzene rings is 1. The maximum Gasteiger partial charge on any atom is 0.379 e. The summed E-state index contributed by atoms with van der Waals surface area (Å²) in [6.07, 6.45) is 0. The fourth-order valence-electron chi connectivity index (χ4n) is 0.882. The van der Waals surface area contributed by atoms with E-state index in [2.05, 4.69) is 4.74 Å². The Bertz CT molecular complexity index is 390. The van der Waals surface area contributed by atoms with Crippen molar-refractivity contribution in [3.63, 3.8) is 0 Å². The van der Waals surface area contributed by atoms with Crippen LogP contribution in [-0.4, -0.2) is 18.9 Å². The molecule has 0 amide bonds. The normalized spacial score (nSPS) is 9.64. The molecule has 0 aliphatic heterocycles. The molecule has 1 aromatic carbocycles. The summed E-state index contributed by atoms with van der Waals surface area (Å²) >= 11 is 7.70. The lowest BCUT2D eigenvalue weighted by Gasteiger charge is -2.02. The van der Waals surface area contributed by atoms with Crippen molar-refractivity contribution >= 4 is 45.9 Å². The Balaban J connectivity index is 3.14. The molecular formula is C9H6ClIO3. The highest BCUT2D eigenvalue weighted by atomic mass is 127. The lowest BCUT2D eigenvalue weighted by Crippen LogP contribution is -2.16. The summed E-state index contributed by atoms with van der Waals surface area (Å²) in [4.78, 5) is 22.4. The molecule has 0 aliphatic rings. The topological polar surface area (TPSA) is 43.4 Å². The van der Waals surface area contributed by atoms with E-state index in [4.69, 9.17) is 11.6 Å². The SMILES string of the molecule is COC(=O)C(=O)c1cccc(Cl)c1I. The van der Waals surface area contributed by atoms with E-state index in [9.17, 15) is 9.59 Å². The van der Waals surface area contributed by atoms with E-state index in [1.807, 2.05) is 22.6 Å². The molecule has 0 atom stereocenters. The van der Waals surface area contributed by atoms with Crippen LogP contribution in [0.25, 0.3) is 0 Å². The van der Waals surface area contributed by atoms with E-state index < -0.39 is 11.8 Å². The zero-order chi connectivity index (χ0) is 10.7. The third-order valence-electron chi connectivity index (χ3n) is 1.57. The van der Waals surface area contributed by atoms with Gasteiger partial charge in [0.15, 0.2) is 0 Å². The number of hydrogen-bond acceptors (Lipinski definition) is 3. The van der Waals surface area contributed by atoms with Gasteiger partial charge in [-0.3, -0.25) is 4.79 Å². The van der Waals surface area contributed by atoms with E-state index in [1.54, 1.807) is 12.1 Å². The van der Waals surface area contributed by atoms with E-state index in [1.165, 1.54) is 6.07 Å². The summed E-state index contributed by atoms with van der Waals surface area (Å²) in [5, 5.41) is 0.445. The largest absolute Gasteiger partial charge is 0.463 e. The van der Waals surface area contributed by atoms with Gasteiger partial charge < -0.3 is 4.74 Å². The lowest BCUT2D eigenvalue weighted by molar-refractivity contribution is -0.135. The van der Waals surface area contributed by atoms with Crippen LogP contribution in [-0.2, 0) is 9.53 Å². The van der Waals surface area contributed by atoms with Gasteiger partial charge >= 0.3 is 5.97 Å². The number of hydrogen-bond donors (Lipinski definition) is 0. The van der Waals surface area contributed by atoms with Crippen LogP contribution in [0, 0.1) is 3.57 Å². The smallest absolute Gasteiger partial charge is 0.379 e. The summed E-state index contributed by atoms with van der Waals surface area (Å²) < 4.78 is 4.88. The van der Waals surface area contributed by atoms with Crippen LogP contribution >= 0.6 is 34.2 Å². The minimum Gasteiger partial charge on any atom is -0.463 e. The lowest BCUT2D eigenvalue weighted by atomic mass is 10.1. The third kappa shape index (κ3) is 2.24. The first-order chi connectivity index (χ1) is 6.57. The van der Waals surface area contributed by atoms with Crippen LogP contribution in [0.2, 0.25) is 5.02 Å². The minimum absolute atomic E-state index is 0.268. The van der Waals surface area contributed by atoms with Gasteiger partial charge in [0.2, 0.25) is 0 Å². The number of carbonyl (C=O) groups excluding carboxylic acids is 2. The summed E-state index contributed by atoms with van der Waals surface area (Å²) in [5.74, 6) is -1.57. The predicted molar refractivity (Wildman–Crippen MR) is 60.5 cm³/mol. The van der Waals surface area contributed by atoms with E-state index in [-0.39, 0.29) is 5.56 Å². The molecule has 1 rings (SSSR count). The summed E-state index contributed by atoms with van der Waals surface area (Å²) in [6.45, 7) is 0. The number of ketones is 1. The van der Waals surface area contributed by atoms with Gasteiger partial charge in [0.05, 0.1) is 12.1 Å². The van der Waals surface area contributed by atoms with Crippen molar-refractivity contribution in [3.8, 4) is 0 Å². The quantitative estimate of drug-likeness (QED) is 0.363. The molecule has 74 valence electrons. The molecule has 0 N–H and O–H groups in total. The van der Waals surface area contributed by atoms with Gasteiger partial charge in [0, 0.05) is 9.13 Å². The van der Waals surface area contributed by atoms with Gasteiger partial charge in [-0.2, -0.15) is 0 Å². The number of rotatable bonds is 2. The summed E-state index contributed by atoms with van der Waals surface area (Å²) in [5.41, 5.74) is 0.268. The Morgan fingerprint density at radius 1 is 1.43 bits per heavy atom. The molecule has 14 heavy (non-hydrogen) atoms. The zero-order valence-electron chi connectivity index (χ0n) is 7.21. The molecule has 0 saturated heterocycles. The van der Waals surface area contributed by atoms with Crippen LogP contribution in [0.4, 0.5) is 0 Å². The van der Waals surface area contributed by atoms with Crippen molar-refractivity contribution in [1.82, 2.24) is 0 Å². The Kier molecular flexibility index (Phi) is 3.88. The average molecular weight is 325 g/mol. The molecule has 5 heteroatoms.